The highest BCUT2D eigenvalue weighted by Gasteiger charge is 2.47. The van der Waals surface area contributed by atoms with Gasteiger partial charge in [0.2, 0.25) is 0 Å². The standard InChI is InChI=1S/C13H18ClN3O/c1-9-11(3-2-6-14)17-12(15)13(9,18)10-4-7-16-8-5-10/h2-3,6,10,16,18H,1,4-5,7-8H2,(H2,15,17)/b6-2+,11-3+. The molecule has 0 saturated carbocycles. The summed E-state index contributed by atoms with van der Waals surface area (Å²) in [6, 6.07) is 0. The molecule has 1 fully saturated rings. The van der Waals surface area contributed by atoms with Crippen molar-refractivity contribution in [1.29, 1.82) is 0 Å². The minimum absolute atomic E-state index is 0.0703. The van der Waals surface area contributed by atoms with E-state index in [0.29, 0.717) is 11.3 Å². The Morgan fingerprint density at radius 1 is 1.50 bits per heavy atom. The minimum atomic E-state index is -1.20. The van der Waals surface area contributed by atoms with Crippen LogP contribution in [0.25, 0.3) is 0 Å². The van der Waals surface area contributed by atoms with Crippen LogP contribution in [-0.4, -0.2) is 29.6 Å². The predicted molar refractivity (Wildman–Crippen MR) is 74.4 cm³/mol. The van der Waals surface area contributed by atoms with E-state index in [2.05, 4.69) is 16.9 Å². The molecule has 4 N–H and O–H groups in total. The Bertz CT molecular complexity index is 436. The fourth-order valence-electron chi connectivity index (χ4n) is 2.59. The molecule has 0 amide bonds. The number of halogens is 1. The third kappa shape index (κ3) is 2.11. The molecular formula is C13H18ClN3O. The van der Waals surface area contributed by atoms with E-state index < -0.39 is 5.60 Å². The molecule has 0 bridgehead atoms. The van der Waals surface area contributed by atoms with Crippen molar-refractivity contribution in [2.75, 3.05) is 13.1 Å². The molecule has 0 aliphatic carbocycles. The van der Waals surface area contributed by atoms with Crippen LogP contribution in [0.15, 0.2) is 40.5 Å². The van der Waals surface area contributed by atoms with E-state index in [4.69, 9.17) is 17.3 Å². The van der Waals surface area contributed by atoms with Crippen molar-refractivity contribution in [2.24, 2.45) is 16.6 Å². The van der Waals surface area contributed by atoms with Crippen LogP contribution in [0.1, 0.15) is 12.8 Å². The zero-order valence-electron chi connectivity index (χ0n) is 10.2. The van der Waals surface area contributed by atoms with E-state index in [1.165, 1.54) is 5.54 Å². The topological polar surface area (TPSA) is 70.6 Å². The van der Waals surface area contributed by atoms with Gasteiger partial charge in [-0.25, -0.2) is 4.99 Å². The largest absolute Gasteiger partial charge is 0.384 e. The molecule has 0 aromatic heterocycles. The molecule has 1 saturated heterocycles. The number of aliphatic hydroxyl groups is 1. The maximum Gasteiger partial charge on any atom is 0.151 e. The van der Waals surface area contributed by atoms with Crippen molar-refractivity contribution in [3.05, 3.63) is 35.5 Å². The summed E-state index contributed by atoms with van der Waals surface area (Å²) in [5.74, 6) is 0.314. The maximum absolute atomic E-state index is 10.8. The van der Waals surface area contributed by atoms with Crippen LogP contribution in [0.4, 0.5) is 0 Å². The monoisotopic (exact) mass is 267 g/mol. The first kappa shape index (κ1) is 13.3. The number of hydrogen-bond acceptors (Lipinski definition) is 4. The van der Waals surface area contributed by atoms with Crippen LogP contribution in [0.2, 0.25) is 0 Å². The summed E-state index contributed by atoms with van der Waals surface area (Å²) in [6.07, 6.45) is 5.09. The minimum Gasteiger partial charge on any atom is -0.384 e. The molecular weight excluding hydrogens is 250 g/mol. The Balaban J connectivity index is 2.28. The van der Waals surface area contributed by atoms with E-state index in [0.717, 1.165) is 25.9 Å². The molecule has 98 valence electrons. The maximum atomic E-state index is 10.8. The van der Waals surface area contributed by atoms with Gasteiger partial charge in [-0.15, -0.1) is 0 Å². The van der Waals surface area contributed by atoms with Crippen molar-refractivity contribution in [3.8, 4) is 0 Å². The van der Waals surface area contributed by atoms with Crippen molar-refractivity contribution in [2.45, 2.75) is 18.4 Å². The number of nitrogens with two attached hydrogens (primary N) is 1. The Hall–Kier alpha value is -1.10. The average Bonchev–Trinajstić information content (AvgIpc) is 2.62. The molecule has 2 aliphatic rings. The van der Waals surface area contributed by atoms with Gasteiger partial charge >= 0.3 is 0 Å². The summed E-state index contributed by atoms with van der Waals surface area (Å²) in [5, 5.41) is 14.1. The SMILES string of the molecule is C=C1/C(=C\C=C\Cl)N=C(N)C1(O)C1CCNCC1. The Labute approximate surface area is 112 Å². The fraction of sp³-hybridized carbons (Fsp3) is 0.462. The normalized spacial score (nSPS) is 32.4. The average molecular weight is 268 g/mol. The van der Waals surface area contributed by atoms with Crippen LogP contribution >= 0.6 is 11.6 Å². The quantitative estimate of drug-likeness (QED) is 0.706. The first-order chi connectivity index (χ1) is 8.60. The lowest BCUT2D eigenvalue weighted by molar-refractivity contribution is 0.0703. The number of amidine groups is 1. The Morgan fingerprint density at radius 3 is 2.78 bits per heavy atom. The second kappa shape index (κ2) is 5.26. The number of piperidine rings is 1. The molecule has 0 radical (unpaired) electrons. The smallest absolute Gasteiger partial charge is 0.151 e. The first-order valence-electron chi connectivity index (χ1n) is 6.05. The molecule has 5 heteroatoms. The predicted octanol–water partition coefficient (Wildman–Crippen LogP) is 1.28. The van der Waals surface area contributed by atoms with Gasteiger partial charge < -0.3 is 16.2 Å². The number of nitrogens with zero attached hydrogens (tertiary/aromatic N) is 1. The van der Waals surface area contributed by atoms with Gasteiger partial charge in [-0.3, -0.25) is 0 Å². The van der Waals surface area contributed by atoms with Gasteiger partial charge in [-0.2, -0.15) is 0 Å². The van der Waals surface area contributed by atoms with Gasteiger partial charge in [0, 0.05) is 17.0 Å². The highest BCUT2D eigenvalue weighted by atomic mass is 35.5. The van der Waals surface area contributed by atoms with E-state index in [1.807, 2.05) is 0 Å². The Morgan fingerprint density at radius 2 is 2.17 bits per heavy atom. The summed E-state index contributed by atoms with van der Waals surface area (Å²) in [7, 11) is 0. The molecule has 2 heterocycles. The Kier molecular flexibility index (Phi) is 3.90. The van der Waals surface area contributed by atoms with Crippen LogP contribution in [0.3, 0.4) is 0 Å². The summed E-state index contributed by atoms with van der Waals surface area (Å²) in [4.78, 5) is 4.21. The number of rotatable bonds is 2. The van der Waals surface area contributed by atoms with Crippen LogP contribution < -0.4 is 11.1 Å². The third-order valence-corrected chi connectivity index (χ3v) is 3.80. The van der Waals surface area contributed by atoms with Gasteiger partial charge in [0.1, 0.15) is 5.84 Å². The van der Waals surface area contributed by atoms with Gasteiger partial charge in [0.15, 0.2) is 5.60 Å². The molecule has 0 aromatic rings. The lowest BCUT2D eigenvalue weighted by atomic mass is 9.76. The van der Waals surface area contributed by atoms with Crippen molar-refractivity contribution >= 4 is 17.4 Å². The van der Waals surface area contributed by atoms with Crippen LogP contribution in [-0.2, 0) is 0 Å². The highest BCUT2D eigenvalue weighted by Crippen LogP contribution is 2.40. The third-order valence-electron chi connectivity index (χ3n) is 3.66. The summed E-state index contributed by atoms with van der Waals surface area (Å²) < 4.78 is 0. The molecule has 2 rings (SSSR count). The molecule has 0 aromatic carbocycles. The zero-order valence-corrected chi connectivity index (χ0v) is 11.0. The molecule has 1 atom stereocenters. The molecule has 0 spiro atoms. The van der Waals surface area contributed by atoms with Crippen LogP contribution in [0, 0.1) is 5.92 Å². The van der Waals surface area contributed by atoms with Crippen molar-refractivity contribution < 1.29 is 5.11 Å². The molecule has 4 nitrogen and oxygen atoms in total. The van der Waals surface area contributed by atoms with Gasteiger partial charge in [-0.05, 0) is 38.1 Å². The molecule has 1 unspecified atom stereocenters. The van der Waals surface area contributed by atoms with Crippen LogP contribution in [0.5, 0.6) is 0 Å². The lowest BCUT2D eigenvalue weighted by Gasteiger charge is -2.36. The summed E-state index contributed by atoms with van der Waals surface area (Å²) in [5.41, 5.74) is 7.27. The fourth-order valence-corrected chi connectivity index (χ4v) is 2.67. The van der Waals surface area contributed by atoms with Gasteiger partial charge in [0.05, 0.1) is 5.70 Å². The lowest BCUT2D eigenvalue weighted by Crippen LogP contribution is -2.51. The first-order valence-corrected chi connectivity index (χ1v) is 6.49. The number of nitrogens with one attached hydrogen (secondary N) is 1. The van der Waals surface area contributed by atoms with Crippen molar-refractivity contribution in [1.82, 2.24) is 5.32 Å². The van der Waals surface area contributed by atoms with Gasteiger partial charge in [-0.1, -0.05) is 18.2 Å². The van der Waals surface area contributed by atoms with Gasteiger partial charge in [0.25, 0.3) is 0 Å². The number of allylic oxidation sites excluding steroid dienone is 2. The number of hydrogen-bond donors (Lipinski definition) is 3. The highest BCUT2D eigenvalue weighted by molar-refractivity contribution is 6.25. The summed E-state index contributed by atoms with van der Waals surface area (Å²) >= 11 is 5.48. The molecule has 18 heavy (non-hydrogen) atoms. The van der Waals surface area contributed by atoms with E-state index in [-0.39, 0.29) is 11.8 Å². The molecule has 2 aliphatic heterocycles. The van der Waals surface area contributed by atoms with E-state index >= 15 is 0 Å². The van der Waals surface area contributed by atoms with Crippen molar-refractivity contribution in [3.63, 3.8) is 0 Å². The second-order valence-electron chi connectivity index (χ2n) is 4.64. The van der Waals surface area contributed by atoms with E-state index in [9.17, 15) is 5.11 Å². The number of aliphatic imine (C=N–C) groups is 1. The zero-order chi connectivity index (χ0) is 13.2. The van der Waals surface area contributed by atoms with E-state index in [1.54, 1.807) is 12.2 Å². The summed E-state index contributed by atoms with van der Waals surface area (Å²) in [6.45, 7) is 5.72. The second-order valence-corrected chi connectivity index (χ2v) is 4.89.